The number of hydrogen-bond donors (Lipinski definition) is 2. The van der Waals surface area contributed by atoms with Crippen LogP contribution in [0.3, 0.4) is 0 Å². The lowest BCUT2D eigenvalue weighted by molar-refractivity contribution is 0.0940. The van der Waals surface area contributed by atoms with Gasteiger partial charge in [0.05, 0.1) is 13.3 Å². The minimum absolute atomic E-state index is 0.0797. The third-order valence-electron chi connectivity index (χ3n) is 13.2. The average Bonchev–Trinajstić information content (AvgIpc) is 3.30. The van der Waals surface area contributed by atoms with Crippen molar-refractivity contribution in [2.24, 2.45) is 11.8 Å². The Hall–Kier alpha value is -7.02. The van der Waals surface area contributed by atoms with Gasteiger partial charge in [-0.25, -0.2) is 17.6 Å². The molecule has 4 aliphatic rings. The molecule has 2 atom stereocenters. The summed E-state index contributed by atoms with van der Waals surface area (Å²) in [6, 6.07) is 32.3. The fraction of sp³-hybridized carbons (Fsp3) is 0.241. The molecule has 0 bridgehead atoms. The van der Waals surface area contributed by atoms with E-state index in [9.17, 15) is 36.6 Å². The van der Waals surface area contributed by atoms with Gasteiger partial charge in [-0.3, -0.25) is 18.6 Å². The number of aromatic hydroxyl groups is 2. The van der Waals surface area contributed by atoms with Crippen LogP contribution in [0.2, 0.25) is 0 Å². The highest BCUT2D eigenvalue weighted by molar-refractivity contribution is 5.96. The highest BCUT2D eigenvalue weighted by Gasteiger charge is 2.32. The van der Waals surface area contributed by atoms with Crippen LogP contribution >= 0.6 is 0 Å². The largest absolute Gasteiger partial charge is 0.508 e. The number of phenols is 2. The minimum atomic E-state index is -0.656. The van der Waals surface area contributed by atoms with Crippen LogP contribution in [0.25, 0.3) is 34.4 Å². The first-order valence-corrected chi connectivity index (χ1v) is 23.3. The summed E-state index contributed by atoms with van der Waals surface area (Å²) < 4.78 is 94.2. The van der Waals surface area contributed by atoms with E-state index in [1.54, 1.807) is 36.4 Å². The first kappa shape index (κ1) is 48.0. The molecule has 0 aromatic heterocycles. The fourth-order valence-corrected chi connectivity index (χ4v) is 9.60. The third kappa shape index (κ3) is 10.7. The van der Waals surface area contributed by atoms with Crippen LogP contribution < -0.4 is 9.47 Å². The molecule has 2 N–H and O–H groups in total. The van der Waals surface area contributed by atoms with Crippen LogP contribution in [-0.4, -0.2) is 72.6 Å². The Morgan fingerprint density at radius 2 is 0.857 bits per heavy atom. The molecular weight excluding hydrogens is 903 g/mol. The molecule has 70 heavy (non-hydrogen) atoms. The number of alkyl halides is 2. The van der Waals surface area contributed by atoms with Crippen LogP contribution in [0.5, 0.6) is 23.0 Å². The Balaban J connectivity index is 0.000000174. The normalized spacial score (nSPS) is 18.5. The summed E-state index contributed by atoms with van der Waals surface area (Å²) in [6.07, 6.45) is 6.94. The Kier molecular flexibility index (Phi) is 14.3. The van der Waals surface area contributed by atoms with Crippen LogP contribution in [0.4, 0.5) is 26.3 Å². The second-order valence-electron chi connectivity index (χ2n) is 18.4. The van der Waals surface area contributed by atoms with E-state index >= 15 is 0 Å². The minimum Gasteiger partial charge on any atom is -0.508 e. The molecule has 0 amide bonds. The molecule has 6 aromatic rings. The van der Waals surface area contributed by atoms with Gasteiger partial charge in [-0.15, -0.1) is 0 Å². The van der Waals surface area contributed by atoms with Crippen molar-refractivity contribution in [2.45, 2.75) is 26.1 Å². The van der Waals surface area contributed by atoms with E-state index in [1.165, 1.54) is 24.3 Å². The summed E-state index contributed by atoms with van der Waals surface area (Å²) >= 11 is 0. The number of likely N-dealkylation sites (tertiary alicyclic amines) is 2. The van der Waals surface area contributed by atoms with E-state index in [-0.39, 0.29) is 36.7 Å². The lowest BCUT2D eigenvalue weighted by atomic mass is 9.86. The highest BCUT2D eigenvalue weighted by Crippen LogP contribution is 2.49. The zero-order valence-electron chi connectivity index (χ0n) is 38.7. The van der Waals surface area contributed by atoms with E-state index in [0.717, 1.165) is 95.9 Å². The van der Waals surface area contributed by atoms with E-state index in [1.807, 2.05) is 74.5 Å². The van der Waals surface area contributed by atoms with Crippen molar-refractivity contribution < 1.29 is 46.0 Å². The number of nitrogens with zero attached hydrogens (tertiary/aromatic N) is 2. The smallest absolute Gasteiger partial charge is 0.150 e. The van der Waals surface area contributed by atoms with Gasteiger partial charge in [0.25, 0.3) is 0 Å². The van der Waals surface area contributed by atoms with E-state index in [2.05, 4.69) is 22.0 Å². The summed E-state index contributed by atoms with van der Waals surface area (Å²) in [4.78, 5) is 4.38. The van der Waals surface area contributed by atoms with Crippen molar-refractivity contribution in [1.29, 1.82) is 0 Å². The van der Waals surface area contributed by atoms with Crippen molar-refractivity contribution in [2.75, 3.05) is 52.6 Å². The molecule has 4 aliphatic heterocycles. The molecular formula is C58H52F6N2O4. The zero-order chi connectivity index (χ0) is 49.1. The number of rotatable bonds is 12. The molecule has 2 fully saturated rings. The van der Waals surface area contributed by atoms with Gasteiger partial charge in [0, 0.05) is 97.6 Å². The lowest BCUT2D eigenvalue weighted by Crippen LogP contribution is -2.47. The maximum Gasteiger partial charge on any atom is 0.150 e. The van der Waals surface area contributed by atoms with Crippen LogP contribution in [-0.2, 0) is 0 Å². The molecule has 6 aromatic carbocycles. The van der Waals surface area contributed by atoms with Gasteiger partial charge in [0.1, 0.15) is 58.5 Å². The zero-order valence-corrected chi connectivity index (χ0v) is 38.7. The molecule has 12 heteroatoms. The van der Waals surface area contributed by atoms with Gasteiger partial charge in [-0.05, 0) is 107 Å². The van der Waals surface area contributed by atoms with Gasteiger partial charge in [-0.2, -0.15) is 0 Å². The fourth-order valence-electron chi connectivity index (χ4n) is 9.60. The number of benzene rings is 6. The Morgan fingerprint density at radius 1 is 0.500 bits per heavy atom. The molecule has 4 heterocycles. The molecule has 0 unspecified atom stereocenters. The monoisotopic (exact) mass is 954 g/mol. The number of halogens is 6. The van der Waals surface area contributed by atoms with E-state index < -0.39 is 35.5 Å². The first-order chi connectivity index (χ1) is 33.8. The average molecular weight is 955 g/mol. The molecule has 0 spiro atoms. The second-order valence-corrected chi connectivity index (χ2v) is 18.4. The van der Waals surface area contributed by atoms with Crippen molar-refractivity contribution >= 4 is 34.4 Å². The maximum absolute atomic E-state index is 14.1. The van der Waals surface area contributed by atoms with Gasteiger partial charge in [0.15, 0.2) is 0 Å². The molecule has 2 saturated heterocycles. The standard InChI is InChI=1S/2C29H26F3NO2/c2*1-18-26-9-8-25(34)14-27(26)35-29(28(18)22-11-23(31)13-24(32)12-22)21-6-4-19(5-7-21)3-2-10-33-16-20(15-30)17-33/h2*2-9,11-14,20,29,34H,10,15-17H2,1H3/b2*3-2+/t2*29-/m10/s1. The number of hydrogen-bond acceptors (Lipinski definition) is 6. The molecule has 0 aliphatic carbocycles. The van der Waals surface area contributed by atoms with Crippen molar-refractivity contribution in [3.63, 3.8) is 0 Å². The number of allylic oxidation sites excluding steroid dienone is 2. The summed E-state index contributed by atoms with van der Waals surface area (Å²) in [6.45, 7) is 8.02. The SMILES string of the molecule is CC1=C(c2cc(F)cc(F)c2)[C@@H](c2ccc(/C=C/CN3CC(CF)C3)cc2)Oc2cc(O)ccc21.CC1=C(c2cc(F)cc(F)c2)[C@H](c2ccc(/C=C/CN3CC(CF)C3)cc2)Oc2cc(O)ccc21. The van der Waals surface area contributed by atoms with Gasteiger partial charge >= 0.3 is 0 Å². The van der Waals surface area contributed by atoms with Gasteiger partial charge in [0.2, 0.25) is 0 Å². The number of ether oxygens (including phenoxy) is 2. The summed E-state index contributed by atoms with van der Waals surface area (Å²) in [5.41, 5.74) is 9.00. The third-order valence-corrected chi connectivity index (χ3v) is 13.2. The quantitative estimate of drug-likeness (QED) is 0.119. The van der Waals surface area contributed by atoms with Crippen molar-refractivity contribution in [3.8, 4) is 23.0 Å². The molecule has 0 radical (unpaired) electrons. The van der Waals surface area contributed by atoms with E-state index in [4.69, 9.17) is 9.47 Å². The van der Waals surface area contributed by atoms with Gasteiger partial charge in [-0.1, -0.05) is 72.8 Å². The van der Waals surface area contributed by atoms with Gasteiger partial charge < -0.3 is 19.7 Å². The molecule has 360 valence electrons. The number of fused-ring (bicyclic) bond motifs is 2. The summed E-state index contributed by atoms with van der Waals surface area (Å²) in [5, 5.41) is 19.9. The van der Waals surface area contributed by atoms with Crippen LogP contribution in [0.1, 0.15) is 70.6 Å². The van der Waals surface area contributed by atoms with E-state index in [0.29, 0.717) is 33.8 Å². The number of phenolic OH excluding ortho intramolecular Hbond substituents is 2. The van der Waals surface area contributed by atoms with Crippen LogP contribution in [0, 0.1) is 35.1 Å². The Bertz CT molecular complexity index is 2750. The Labute approximate surface area is 403 Å². The first-order valence-electron chi connectivity index (χ1n) is 23.3. The highest BCUT2D eigenvalue weighted by atomic mass is 19.2. The molecule has 6 nitrogen and oxygen atoms in total. The lowest BCUT2D eigenvalue weighted by Gasteiger charge is -2.36. The topological polar surface area (TPSA) is 65.4 Å². The molecule has 10 rings (SSSR count). The van der Waals surface area contributed by atoms with Crippen LogP contribution in [0.15, 0.2) is 133 Å². The maximum atomic E-state index is 14.1. The van der Waals surface area contributed by atoms with Crippen molar-refractivity contribution in [1.82, 2.24) is 9.80 Å². The predicted octanol–water partition coefficient (Wildman–Crippen LogP) is 13.3. The predicted molar refractivity (Wildman–Crippen MR) is 263 cm³/mol. The Morgan fingerprint density at radius 3 is 1.20 bits per heavy atom. The second kappa shape index (κ2) is 20.9. The summed E-state index contributed by atoms with van der Waals surface area (Å²) in [5.74, 6) is -1.10. The molecule has 0 saturated carbocycles. The summed E-state index contributed by atoms with van der Waals surface area (Å²) in [7, 11) is 0. The van der Waals surface area contributed by atoms with Crippen molar-refractivity contribution in [3.05, 3.63) is 201 Å².